The number of nitrogens with two attached hydrogens (primary N) is 1. The second-order valence-corrected chi connectivity index (χ2v) is 3.81. The third-order valence-corrected chi connectivity index (χ3v) is 2.10. The normalized spacial score (nSPS) is 33.8. The van der Waals surface area contributed by atoms with Gasteiger partial charge >= 0.3 is 0 Å². The van der Waals surface area contributed by atoms with Crippen molar-refractivity contribution in [3.63, 3.8) is 0 Å². The highest BCUT2D eigenvalue weighted by atomic mass is 16.5. The molecular weight excluding hydrogens is 142 g/mol. The van der Waals surface area contributed by atoms with Gasteiger partial charge in [-0.15, -0.1) is 0 Å². The highest BCUT2D eigenvalue weighted by Crippen LogP contribution is 2.22. The highest BCUT2D eigenvalue weighted by molar-refractivity contribution is 4.83. The molecule has 0 aromatic rings. The molecule has 3 N–H and O–H groups in total. The molecule has 1 aliphatic heterocycles. The minimum absolute atomic E-state index is 0.0395. The van der Waals surface area contributed by atoms with Gasteiger partial charge in [-0.1, -0.05) is 0 Å². The zero-order chi connectivity index (χ0) is 8.48. The minimum atomic E-state index is -0.722. The van der Waals surface area contributed by atoms with Crippen LogP contribution in [0.5, 0.6) is 0 Å². The van der Waals surface area contributed by atoms with E-state index in [0.29, 0.717) is 6.61 Å². The van der Waals surface area contributed by atoms with Crippen LogP contribution >= 0.6 is 0 Å². The molecule has 0 aliphatic carbocycles. The SMILES string of the molecule is CC(C)(O)[C@@H]1CCC(N)CO1. The molecule has 2 atom stereocenters. The Balaban J connectivity index is 2.39. The molecule has 66 valence electrons. The summed E-state index contributed by atoms with van der Waals surface area (Å²) < 4.78 is 5.38. The Kier molecular flexibility index (Phi) is 2.52. The summed E-state index contributed by atoms with van der Waals surface area (Å²) in [6.45, 7) is 4.12. The Labute approximate surface area is 67.5 Å². The molecule has 1 heterocycles. The van der Waals surface area contributed by atoms with Crippen LogP contribution in [0.3, 0.4) is 0 Å². The molecule has 3 nitrogen and oxygen atoms in total. The number of ether oxygens (including phenoxy) is 1. The predicted octanol–water partition coefficient (Wildman–Crippen LogP) is 0.264. The molecule has 3 heteroatoms. The maximum Gasteiger partial charge on any atom is 0.0857 e. The van der Waals surface area contributed by atoms with Gasteiger partial charge in [0.2, 0.25) is 0 Å². The lowest BCUT2D eigenvalue weighted by Gasteiger charge is -2.34. The molecule has 1 saturated heterocycles. The third-order valence-electron chi connectivity index (χ3n) is 2.10. The summed E-state index contributed by atoms with van der Waals surface area (Å²) in [5.74, 6) is 0. The van der Waals surface area contributed by atoms with Gasteiger partial charge in [0.25, 0.3) is 0 Å². The van der Waals surface area contributed by atoms with Gasteiger partial charge in [0.05, 0.1) is 18.3 Å². The Bertz CT molecular complexity index is 123. The molecule has 0 aromatic heterocycles. The van der Waals surface area contributed by atoms with Gasteiger partial charge < -0.3 is 15.6 Å². The lowest BCUT2D eigenvalue weighted by Crippen LogP contribution is -2.45. The van der Waals surface area contributed by atoms with Gasteiger partial charge in [-0.25, -0.2) is 0 Å². The second kappa shape index (κ2) is 3.09. The molecule has 1 aliphatic rings. The average Bonchev–Trinajstić information content (AvgIpc) is 1.86. The van der Waals surface area contributed by atoms with Crippen molar-refractivity contribution in [2.45, 2.75) is 44.4 Å². The van der Waals surface area contributed by atoms with Crippen LogP contribution in [-0.2, 0) is 4.74 Å². The zero-order valence-corrected chi connectivity index (χ0v) is 7.21. The lowest BCUT2D eigenvalue weighted by molar-refractivity contribution is -0.112. The molecule has 0 radical (unpaired) electrons. The molecule has 0 bridgehead atoms. The molecule has 0 saturated carbocycles. The van der Waals surface area contributed by atoms with Gasteiger partial charge in [-0.3, -0.25) is 0 Å². The molecule has 11 heavy (non-hydrogen) atoms. The van der Waals surface area contributed by atoms with Gasteiger partial charge in [-0.05, 0) is 26.7 Å². The molecule has 1 fully saturated rings. The van der Waals surface area contributed by atoms with Crippen molar-refractivity contribution in [1.29, 1.82) is 0 Å². The maximum absolute atomic E-state index is 9.56. The van der Waals surface area contributed by atoms with Crippen LogP contribution in [0.25, 0.3) is 0 Å². The van der Waals surface area contributed by atoms with Gasteiger partial charge in [0, 0.05) is 6.04 Å². The van der Waals surface area contributed by atoms with Crippen LogP contribution in [0.15, 0.2) is 0 Å². The lowest BCUT2D eigenvalue weighted by atomic mass is 9.93. The van der Waals surface area contributed by atoms with Crippen LogP contribution in [0.4, 0.5) is 0 Å². The van der Waals surface area contributed by atoms with Crippen LogP contribution in [0, 0.1) is 0 Å². The fraction of sp³-hybridized carbons (Fsp3) is 1.00. The van der Waals surface area contributed by atoms with Gasteiger partial charge in [-0.2, -0.15) is 0 Å². The smallest absolute Gasteiger partial charge is 0.0857 e. The topological polar surface area (TPSA) is 55.5 Å². The molecular formula is C8H17NO2. The van der Waals surface area contributed by atoms with E-state index in [1.54, 1.807) is 13.8 Å². The van der Waals surface area contributed by atoms with Crippen molar-refractivity contribution in [3.05, 3.63) is 0 Å². The van der Waals surface area contributed by atoms with Crippen molar-refractivity contribution >= 4 is 0 Å². The van der Waals surface area contributed by atoms with Crippen LogP contribution in [0.2, 0.25) is 0 Å². The van der Waals surface area contributed by atoms with E-state index in [1.165, 1.54) is 0 Å². The van der Waals surface area contributed by atoms with Crippen LogP contribution in [-0.4, -0.2) is 29.5 Å². The Morgan fingerprint density at radius 3 is 2.45 bits per heavy atom. The molecule has 0 aromatic carbocycles. The van der Waals surface area contributed by atoms with E-state index in [-0.39, 0.29) is 12.1 Å². The van der Waals surface area contributed by atoms with Crippen molar-refractivity contribution in [1.82, 2.24) is 0 Å². The second-order valence-electron chi connectivity index (χ2n) is 3.81. The van der Waals surface area contributed by atoms with Gasteiger partial charge in [0.1, 0.15) is 0 Å². The molecule has 0 spiro atoms. The third kappa shape index (κ3) is 2.43. The largest absolute Gasteiger partial charge is 0.388 e. The van der Waals surface area contributed by atoms with Crippen LogP contribution in [0.1, 0.15) is 26.7 Å². The predicted molar refractivity (Wildman–Crippen MR) is 43.2 cm³/mol. The highest BCUT2D eigenvalue weighted by Gasteiger charge is 2.31. The van der Waals surface area contributed by atoms with Crippen molar-refractivity contribution in [2.75, 3.05) is 6.61 Å². The van der Waals surface area contributed by atoms with E-state index in [9.17, 15) is 5.11 Å². The minimum Gasteiger partial charge on any atom is -0.388 e. The van der Waals surface area contributed by atoms with E-state index in [0.717, 1.165) is 12.8 Å². The van der Waals surface area contributed by atoms with Crippen molar-refractivity contribution in [3.8, 4) is 0 Å². The van der Waals surface area contributed by atoms with Crippen LogP contribution < -0.4 is 5.73 Å². The molecule has 1 unspecified atom stereocenters. The summed E-state index contributed by atoms with van der Waals surface area (Å²) in [6.07, 6.45) is 1.78. The fourth-order valence-electron chi connectivity index (χ4n) is 1.33. The number of aliphatic hydroxyl groups is 1. The van der Waals surface area contributed by atoms with Crippen molar-refractivity contribution < 1.29 is 9.84 Å². The van der Waals surface area contributed by atoms with E-state index in [4.69, 9.17) is 10.5 Å². The van der Waals surface area contributed by atoms with E-state index < -0.39 is 5.60 Å². The molecule has 1 rings (SSSR count). The quantitative estimate of drug-likeness (QED) is 0.577. The standard InChI is InChI=1S/C8H17NO2/c1-8(2,10)7-4-3-6(9)5-11-7/h6-7,10H,3-5,9H2,1-2H3/t6?,7-/m0/s1. The van der Waals surface area contributed by atoms with E-state index in [1.807, 2.05) is 0 Å². The first-order valence-corrected chi connectivity index (χ1v) is 4.09. The number of hydrogen-bond donors (Lipinski definition) is 2. The summed E-state index contributed by atoms with van der Waals surface area (Å²) in [7, 11) is 0. The summed E-state index contributed by atoms with van der Waals surface area (Å²) in [4.78, 5) is 0. The summed E-state index contributed by atoms with van der Waals surface area (Å²) >= 11 is 0. The monoisotopic (exact) mass is 159 g/mol. The maximum atomic E-state index is 9.56. The average molecular weight is 159 g/mol. The number of hydrogen-bond acceptors (Lipinski definition) is 3. The molecule has 0 amide bonds. The first-order chi connectivity index (χ1) is 5.00. The first-order valence-electron chi connectivity index (χ1n) is 4.09. The zero-order valence-electron chi connectivity index (χ0n) is 7.21. The number of rotatable bonds is 1. The first kappa shape index (κ1) is 8.97. The summed E-state index contributed by atoms with van der Waals surface area (Å²) in [5, 5.41) is 9.56. The fourth-order valence-corrected chi connectivity index (χ4v) is 1.33. The summed E-state index contributed by atoms with van der Waals surface area (Å²) in [6, 6.07) is 0.161. The van der Waals surface area contributed by atoms with E-state index >= 15 is 0 Å². The van der Waals surface area contributed by atoms with E-state index in [2.05, 4.69) is 0 Å². The Morgan fingerprint density at radius 1 is 1.45 bits per heavy atom. The van der Waals surface area contributed by atoms with Crippen molar-refractivity contribution in [2.24, 2.45) is 5.73 Å². The Morgan fingerprint density at radius 2 is 2.09 bits per heavy atom. The Hall–Kier alpha value is -0.120. The van der Waals surface area contributed by atoms with Gasteiger partial charge in [0.15, 0.2) is 0 Å². The summed E-state index contributed by atoms with van der Waals surface area (Å²) in [5.41, 5.74) is 4.91.